The normalized spacial score (nSPS) is 16.8. The summed E-state index contributed by atoms with van der Waals surface area (Å²) in [6.07, 6.45) is 3.91. The predicted molar refractivity (Wildman–Crippen MR) is 133 cm³/mol. The number of amides is 3. The van der Waals surface area contributed by atoms with Crippen molar-refractivity contribution in [3.63, 3.8) is 0 Å². The summed E-state index contributed by atoms with van der Waals surface area (Å²) in [7, 11) is 0. The van der Waals surface area contributed by atoms with Crippen LogP contribution in [0.5, 0.6) is 0 Å². The lowest BCUT2D eigenvalue weighted by Gasteiger charge is -2.27. The van der Waals surface area contributed by atoms with Crippen LogP contribution in [0.4, 0.5) is 0 Å². The van der Waals surface area contributed by atoms with Crippen LogP contribution in [-0.2, 0) is 19.2 Å². The van der Waals surface area contributed by atoms with E-state index in [-0.39, 0.29) is 17.8 Å². The first-order valence-electron chi connectivity index (χ1n) is 11.8. The van der Waals surface area contributed by atoms with Crippen LogP contribution in [0.15, 0.2) is 0 Å². The molecule has 0 rings (SSSR count). The van der Waals surface area contributed by atoms with Gasteiger partial charge in [-0.1, -0.05) is 54.4 Å². The van der Waals surface area contributed by atoms with E-state index in [0.717, 1.165) is 6.42 Å². The number of nitrogens with one attached hydrogen (secondary N) is 3. The molecule has 3 amide bonds. The fourth-order valence-corrected chi connectivity index (χ4v) is 3.67. The highest BCUT2D eigenvalue weighted by atomic mass is 32.2. The van der Waals surface area contributed by atoms with Gasteiger partial charge >= 0.3 is 5.97 Å². The second kappa shape index (κ2) is 15.9. The van der Waals surface area contributed by atoms with Crippen molar-refractivity contribution in [2.24, 2.45) is 23.5 Å². The third-order valence-electron chi connectivity index (χ3n) is 5.92. The molecule has 0 aromatic carbocycles. The maximum absolute atomic E-state index is 13.1. The Balaban J connectivity index is 5.54. The Bertz CT molecular complexity index is 646. The first kappa shape index (κ1) is 31.2. The number of carbonyl (C=O) groups is 4. The average molecular weight is 489 g/mol. The highest BCUT2D eigenvalue weighted by Gasteiger charge is 2.32. The van der Waals surface area contributed by atoms with Crippen LogP contribution in [0, 0.1) is 17.8 Å². The molecule has 0 aromatic heterocycles. The zero-order chi connectivity index (χ0) is 25.7. The van der Waals surface area contributed by atoms with E-state index in [1.807, 2.05) is 40.9 Å². The number of nitrogens with two attached hydrogens (primary N) is 1. The molecule has 10 heteroatoms. The molecule has 0 aliphatic carbocycles. The summed E-state index contributed by atoms with van der Waals surface area (Å²) in [6.45, 7) is 11.3. The molecule has 0 radical (unpaired) electrons. The van der Waals surface area contributed by atoms with Gasteiger partial charge in [0.05, 0.1) is 6.04 Å². The highest BCUT2D eigenvalue weighted by molar-refractivity contribution is 7.98. The minimum atomic E-state index is -1.11. The third kappa shape index (κ3) is 11.2. The molecule has 0 bridgehead atoms. The lowest BCUT2D eigenvalue weighted by molar-refractivity contribution is -0.143. The van der Waals surface area contributed by atoms with Crippen LogP contribution < -0.4 is 21.7 Å². The van der Waals surface area contributed by atoms with Gasteiger partial charge < -0.3 is 26.8 Å². The summed E-state index contributed by atoms with van der Waals surface area (Å²) in [4.78, 5) is 50.2. The van der Waals surface area contributed by atoms with E-state index in [1.54, 1.807) is 6.92 Å². The SMILES string of the molecule is CCC(C)C(N)C(=O)NC(CC(C)C)C(=O)NC(CCSC)C(=O)NC(C(=O)O)C(C)CC. The molecule has 0 saturated heterocycles. The van der Waals surface area contributed by atoms with Gasteiger partial charge in [-0.3, -0.25) is 14.4 Å². The van der Waals surface area contributed by atoms with E-state index in [1.165, 1.54) is 11.8 Å². The average Bonchev–Trinajstić information content (AvgIpc) is 2.76. The van der Waals surface area contributed by atoms with E-state index in [2.05, 4.69) is 16.0 Å². The van der Waals surface area contributed by atoms with Crippen LogP contribution in [0.25, 0.3) is 0 Å². The number of carbonyl (C=O) groups excluding carboxylic acids is 3. The van der Waals surface area contributed by atoms with Crippen molar-refractivity contribution < 1.29 is 24.3 Å². The van der Waals surface area contributed by atoms with Crippen molar-refractivity contribution in [2.75, 3.05) is 12.0 Å². The van der Waals surface area contributed by atoms with Crippen molar-refractivity contribution in [2.45, 2.75) is 91.4 Å². The minimum absolute atomic E-state index is 0.0404. The van der Waals surface area contributed by atoms with E-state index < -0.39 is 47.9 Å². The Morgan fingerprint density at radius 3 is 1.82 bits per heavy atom. The van der Waals surface area contributed by atoms with Gasteiger partial charge in [0.2, 0.25) is 17.7 Å². The first-order valence-corrected chi connectivity index (χ1v) is 13.2. The van der Waals surface area contributed by atoms with Crippen LogP contribution in [-0.4, -0.2) is 65.0 Å². The molecular weight excluding hydrogens is 444 g/mol. The van der Waals surface area contributed by atoms with E-state index in [4.69, 9.17) is 5.73 Å². The Hall–Kier alpha value is -1.81. The van der Waals surface area contributed by atoms with Gasteiger partial charge in [-0.2, -0.15) is 11.8 Å². The monoisotopic (exact) mass is 488 g/mol. The zero-order valence-corrected chi connectivity index (χ0v) is 22.0. The predicted octanol–water partition coefficient (Wildman–Crippen LogP) is 1.74. The second-order valence-corrected chi connectivity index (χ2v) is 10.1. The number of aliphatic carboxylic acids is 1. The topological polar surface area (TPSA) is 151 Å². The molecule has 0 aliphatic rings. The molecule has 6 N–H and O–H groups in total. The maximum Gasteiger partial charge on any atom is 0.326 e. The number of thioether (sulfide) groups is 1. The Labute approximate surface area is 202 Å². The van der Waals surface area contributed by atoms with Gasteiger partial charge in [-0.25, -0.2) is 4.79 Å². The van der Waals surface area contributed by atoms with Gasteiger partial charge in [0, 0.05) is 0 Å². The molecule has 0 spiro atoms. The summed E-state index contributed by atoms with van der Waals surface area (Å²) >= 11 is 1.52. The van der Waals surface area contributed by atoms with Crippen molar-refractivity contribution in [1.29, 1.82) is 0 Å². The van der Waals surface area contributed by atoms with Crippen LogP contribution in [0.2, 0.25) is 0 Å². The second-order valence-electron chi connectivity index (χ2n) is 9.15. The summed E-state index contributed by atoms with van der Waals surface area (Å²) in [5.74, 6) is -2.14. The lowest BCUT2D eigenvalue weighted by Crippen LogP contribution is -2.58. The molecule has 0 aliphatic heterocycles. The fraction of sp³-hybridized carbons (Fsp3) is 0.826. The van der Waals surface area contributed by atoms with Crippen LogP contribution in [0.3, 0.4) is 0 Å². The summed E-state index contributed by atoms with van der Waals surface area (Å²) in [5.41, 5.74) is 6.02. The third-order valence-corrected chi connectivity index (χ3v) is 6.56. The van der Waals surface area contributed by atoms with E-state index >= 15 is 0 Å². The molecule has 6 unspecified atom stereocenters. The molecule has 0 saturated carbocycles. The fourth-order valence-electron chi connectivity index (χ4n) is 3.20. The smallest absolute Gasteiger partial charge is 0.326 e. The summed E-state index contributed by atoms with van der Waals surface area (Å²) < 4.78 is 0. The molecule has 6 atom stereocenters. The highest BCUT2D eigenvalue weighted by Crippen LogP contribution is 2.12. The standard InChI is InChI=1S/C23H44N4O5S/c1-8-14(5)18(24)22(30)26-17(12-13(3)4)21(29)25-16(10-11-33-7)20(28)27-19(23(31)32)15(6)9-2/h13-19H,8-12,24H2,1-7H3,(H,25,29)(H,26,30)(H,27,28)(H,31,32). The largest absolute Gasteiger partial charge is 0.480 e. The molecule has 192 valence electrons. The molecule has 33 heavy (non-hydrogen) atoms. The minimum Gasteiger partial charge on any atom is -0.480 e. The quantitative estimate of drug-likeness (QED) is 0.222. The molecule has 0 fully saturated rings. The maximum atomic E-state index is 13.1. The summed E-state index contributed by atoms with van der Waals surface area (Å²) in [6, 6.07) is -3.54. The van der Waals surface area contributed by atoms with E-state index in [0.29, 0.717) is 25.0 Å². The van der Waals surface area contributed by atoms with Crippen molar-refractivity contribution in [3.8, 4) is 0 Å². The van der Waals surface area contributed by atoms with Gasteiger partial charge in [-0.05, 0) is 42.6 Å². The number of carboxylic acids is 1. The molecular formula is C23H44N4O5S. The van der Waals surface area contributed by atoms with Gasteiger partial charge in [-0.15, -0.1) is 0 Å². The molecule has 9 nitrogen and oxygen atoms in total. The van der Waals surface area contributed by atoms with E-state index in [9.17, 15) is 24.3 Å². The van der Waals surface area contributed by atoms with Gasteiger partial charge in [0.1, 0.15) is 18.1 Å². The van der Waals surface area contributed by atoms with Crippen molar-refractivity contribution >= 4 is 35.5 Å². The zero-order valence-electron chi connectivity index (χ0n) is 21.1. The van der Waals surface area contributed by atoms with Gasteiger partial charge in [0.25, 0.3) is 0 Å². The number of hydrogen-bond donors (Lipinski definition) is 5. The Morgan fingerprint density at radius 1 is 0.848 bits per heavy atom. The molecule has 0 aromatic rings. The van der Waals surface area contributed by atoms with Crippen molar-refractivity contribution in [3.05, 3.63) is 0 Å². The lowest BCUT2D eigenvalue weighted by atomic mass is 9.97. The summed E-state index contributed by atoms with van der Waals surface area (Å²) in [5, 5.41) is 17.6. The van der Waals surface area contributed by atoms with Crippen molar-refractivity contribution in [1.82, 2.24) is 16.0 Å². The molecule has 0 heterocycles. The number of rotatable bonds is 16. The van der Waals surface area contributed by atoms with Gasteiger partial charge in [0.15, 0.2) is 0 Å². The van der Waals surface area contributed by atoms with Crippen LogP contribution in [0.1, 0.15) is 67.2 Å². The Morgan fingerprint density at radius 2 is 1.36 bits per heavy atom. The first-order chi connectivity index (χ1) is 15.4. The Kier molecular flexibility index (Phi) is 15.1. The van der Waals surface area contributed by atoms with Crippen LogP contribution >= 0.6 is 11.8 Å². The number of hydrogen-bond acceptors (Lipinski definition) is 6. The number of carboxylic acid groups (broad SMARTS) is 1.